The molecular weight excluding hydrogens is 436 g/mol. The number of carboxylic acids is 1. The van der Waals surface area contributed by atoms with Crippen LogP contribution in [0.5, 0.6) is 0 Å². The van der Waals surface area contributed by atoms with Gasteiger partial charge in [0.05, 0.1) is 23.6 Å². The molecule has 6 nitrogen and oxygen atoms in total. The number of aryl methyl sites for hydroxylation is 1. The molecule has 2 amide bonds. The van der Waals surface area contributed by atoms with Gasteiger partial charge in [-0.05, 0) is 47.9 Å². The quantitative estimate of drug-likeness (QED) is 0.610. The Balaban J connectivity index is 1.57. The lowest BCUT2D eigenvalue weighted by Crippen LogP contribution is -2.56. The summed E-state index contributed by atoms with van der Waals surface area (Å²) in [5.74, 6) is -3.10. The lowest BCUT2D eigenvalue weighted by atomic mass is 9.72. The summed E-state index contributed by atoms with van der Waals surface area (Å²) >= 11 is 1.50. The lowest BCUT2D eigenvalue weighted by molar-refractivity contribution is -0.150. The summed E-state index contributed by atoms with van der Waals surface area (Å²) < 4.78 is 0. The maximum absolute atomic E-state index is 13.8. The molecule has 0 bridgehead atoms. The van der Waals surface area contributed by atoms with Gasteiger partial charge in [-0.15, -0.1) is 11.3 Å². The van der Waals surface area contributed by atoms with Gasteiger partial charge in [-0.25, -0.2) is 4.90 Å². The molecule has 1 aromatic heterocycles. The SMILES string of the molecule is CCc1ccc(N2C(=O)C3C(c4cccs4)NC(CC4CCCCC4)(C(=O)O)C3C2=O)cc1. The van der Waals surface area contributed by atoms with E-state index in [1.165, 1.54) is 22.7 Å². The van der Waals surface area contributed by atoms with Crippen molar-refractivity contribution in [3.63, 3.8) is 0 Å². The Morgan fingerprint density at radius 2 is 1.85 bits per heavy atom. The molecule has 33 heavy (non-hydrogen) atoms. The van der Waals surface area contributed by atoms with Crippen LogP contribution in [0.1, 0.15) is 61.9 Å². The third-order valence-electron chi connectivity index (χ3n) is 7.82. The zero-order chi connectivity index (χ0) is 23.2. The molecule has 2 saturated heterocycles. The van der Waals surface area contributed by atoms with Gasteiger partial charge in [-0.3, -0.25) is 19.7 Å². The predicted octanol–water partition coefficient (Wildman–Crippen LogP) is 4.55. The number of imide groups is 1. The first-order valence-corrected chi connectivity index (χ1v) is 12.9. The van der Waals surface area contributed by atoms with Crippen LogP contribution in [0, 0.1) is 17.8 Å². The maximum Gasteiger partial charge on any atom is 0.324 e. The molecule has 4 unspecified atom stereocenters. The molecule has 3 heterocycles. The number of aliphatic carboxylic acids is 1. The summed E-state index contributed by atoms with van der Waals surface area (Å²) in [5.41, 5.74) is 0.207. The van der Waals surface area contributed by atoms with Crippen molar-refractivity contribution in [1.82, 2.24) is 5.32 Å². The summed E-state index contributed by atoms with van der Waals surface area (Å²) in [6.07, 6.45) is 6.54. The van der Waals surface area contributed by atoms with Gasteiger partial charge in [0.2, 0.25) is 11.8 Å². The zero-order valence-corrected chi connectivity index (χ0v) is 19.6. The summed E-state index contributed by atoms with van der Waals surface area (Å²) in [7, 11) is 0. The number of rotatable bonds is 6. The molecule has 5 rings (SSSR count). The van der Waals surface area contributed by atoms with Crippen LogP contribution < -0.4 is 10.2 Å². The first-order valence-electron chi connectivity index (χ1n) is 12.0. The number of benzene rings is 1. The Morgan fingerprint density at radius 1 is 1.12 bits per heavy atom. The van der Waals surface area contributed by atoms with Crippen LogP contribution in [-0.2, 0) is 20.8 Å². The molecule has 1 aliphatic carbocycles. The predicted molar refractivity (Wildman–Crippen MR) is 127 cm³/mol. The second-order valence-electron chi connectivity index (χ2n) is 9.66. The summed E-state index contributed by atoms with van der Waals surface area (Å²) in [6, 6.07) is 10.8. The van der Waals surface area contributed by atoms with E-state index in [1.54, 1.807) is 12.1 Å². The molecular formula is C26H30N2O4S. The standard InChI is InChI=1S/C26H30N2O4S/c1-2-16-10-12-18(13-11-16)28-23(29)20-21(24(28)30)26(25(31)32,15-17-7-4-3-5-8-17)27-22(20)19-9-6-14-33-19/h6,9-14,17,20-22,27H,2-5,7-8,15H2,1H3,(H,31,32). The van der Waals surface area contributed by atoms with Gasteiger partial charge in [0, 0.05) is 4.88 Å². The van der Waals surface area contributed by atoms with Crippen molar-refractivity contribution in [2.45, 2.75) is 63.5 Å². The van der Waals surface area contributed by atoms with Gasteiger partial charge < -0.3 is 5.11 Å². The number of nitrogens with zero attached hydrogens (tertiary/aromatic N) is 1. The minimum Gasteiger partial charge on any atom is -0.480 e. The zero-order valence-electron chi connectivity index (χ0n) is 18.8. The van der Waals surface area contributed by atoms with E-state index < -0.39 is 29.4 Å². The van der Waals surface area contributed by atoms with Crippen molar-refractivity contribution < 1.29 is 19.5 Å². The van der Waals surface area contributed by atoms with Crippen molar-refractivity contribution >= 4 is 34.8 Å². The van der Waals surface area contributed by atoms with E-state index in [1.807, 2.05) is 29.6 Å². The van der Waals surface area contributed by atoms with Crippen LogP contribution in [0.4, 0.5) is 5.69 Å². The molecule has 1 saturated carbocycles. The Bertz CT molecular complexity index is 1040. The fourth-order valence-electron chi connectivity index (χ4n) is 6.17. The number of thiophene rings is 1. The third-order valence-corrected chi connectivity index (χ3v) is 8.78. The van der Waals surface area contributed by atoms with E-state index in [-0.39, 0.29) is 17.7 Å². The maximum atomic E-state index is 13.8. The number of hydrogen-bond acceptors (Lipinski definition) is 5. The van der Waals surface area contributed by atoms with Crippen molar-refractivity contribution in [2.24, 2.45) is 17.8 Å². The molecule has 3 aliphatic rings. The molecule has 0 radical (unpaired) electrons. The Hall–Kier alpha value is -2.51. The number of carbonyl (C=O) groups excluding carboxylic acids is 2. The summed E-state index contributed by atoms with van der Waals surface area (Å²) in [6.45, 7) is 2.05. The molecule has 7 heteroatoms. The average molecular weight is 467 g/mol. The first-order chi connectivity index (χ1) is 16.0. The van der Waals surface area contributed by atoms with Crippen LogP contribution in [0.2, 0.25) is 0 Å². The van der Waals surface area contributed by atoms with E-state index >= 15 is 0 Å². The molecule has 1 aromatic carbocycles. The normalized spacial score (nSPS) is 30.1. The highest BCUT2D eigenvalue weighted by Gasteiger charge is 2.69. The fraction of sp³-hybridized carbons (Fsp3) is 0.500. The monoisotopic (exact) mass is 466 g/mol. The highest BCUT2D eigenvalue weighted by Crippen LogP contribution is 2.53. The van der Waals surface area contributed by atoms with E-state index in [4.69, 9.17) is 0 Å². The number of fused-ring (bicyclic) bond motifs is 1. The Kier molecular flexibility index (Phi) is 5.87. The Labute approximate surface area is 198 Å². The third kappa shape index (κ3) is 3.62. The first kappa shape index (κ1) is 22.3. The second-order valence-corrected chi connectivity index (χ2v) is 10.6. The minimum absolute atomic E-state index is 0.242. The van der Waals surface area contributed by atoms with Crippen LogP contribution in [0.3, 0.4) is 0 Å². The second kappa shape index (κ2) is 8.69. The number of anilines is 1. The average Bonchev–Trinajstić information content (AvgIpc) is 3.52. The lowest BCUT2D eigenvalue weighted by Gasteiger charge is -2.35. The van der Waals surface area contributed by atoms with Crippen LogP contribution >= 0.6 is 11.3 Å². The molecule has 2 aliphatic heterocycles. The molecule has 3 fully saturated rings. The van der Waals surface area contributed by atoms with Gasteiger partial charge >= 0.3 is 5.97 Å². The number of amides is 2. The highest BCUT2D eigenvalue weighted by atomic mass is 32.1. The fourth-order valence-corrected chi connectivity index (χ4v) is 6.99. The summed E-state index contributed by atoms with van der Waals surface area (Å²) in [4.78, 5) is 42.6. The van der Waals surface area contributed by atoms with Crippen molar-refractivity contribution in [2.75, 3.05) is 4.90 Å². The van der Waals surface area contributed by atoms with Crippen molar-refractivity contribution in [3.05, 3.63) is 52.2 Å². The van der Waals surface area contributed by atoms with E-state index in [2.05, 4.69) is 12.2 Å². The number of carbonyl (C=O) groups is 3. The van der Waals surface area contributed by atoms with Gasteiger partial charge in [-0.1, -0.05) is 57.2 Å². The molecule has 2 N–H and O–H groups in total. The minimum atomic E-state index is -1.44. The number of carboxylic acid groups (broad SMARTS) is 1. The Morgan fingerprint density at radius 3 is 2.45 bits per heavy atom. The van der Waals surface area contributed by atoms with Gasteiger partial charge in [-0.2, -0.15) is 0 Å². The summed E-state index contributed by atoms with van der Waals surface area (Å²) in [5, 5.41) is 15.8. The van der Waals surface area contributed by atoms with Crippen molar-refractivity contribution in [3.8, 4) is 0 Å². The van der Waals surface area contributed by atoms with E-state index in [0.29, 0.717) is 12.1 Å². The number of nitrogens with one attached hydrogen (secondary N) is 1. The molecule has 174 valence electrons. The van der Waals surface area contributed by atoms with Crippen LogP contribution in [-0.4, -0.2) is 28.4 Å². The highest BCUT2D eigenvalue weighted by molar-refractivity contribution is 7.10. The van der Waals surface area contributed by atoms with E-state index in [0.717, 1.165) is 42.5 Å². The topological polar surface area (TPSA) is 86.7 Å². The van der Waals surface area contributed by atoms with Crippen molar-refractivity contribution in [1.29, 1.82) is 0 Å². The van der Waals surface area contributed by atoms with Gasteiger partial charge in [0.25, 0.3) is 0 Å². The molecule has 0 spiro atoms. The molecule has 4 atom stereocenters. The van der Waals surface area contributed by atoms with Crippen LogP contribution in [0.25, 0.3) is 0 Å². The van der Waals surface area contributed by atoms with Crippen LogP contribution in [0.15, 0.2) is 41.8 Å². The van der Waals surface area contributed by atoms with Gasteiger partial charge in [0.1, 0.15) is 5.54 Å². The van der Waals surface area contributed by atoms with Gasteiger partial charge in [0.15, 0.2) is 0 Å². The smallest absolute Gasteiger partial charge is 0.324 e. The molecule has 2 aromatic rings. The number of hydrogen-bond donors (Lipinski definition) is 2. The largest absolute Gasteiger partial charge is 0.480 e. The van der Waals surface area contributed by atoms with E-state index in [9.17, 15) is 19.5 Å².